The van der Waals surface area contributed by atoms with Crippen molar-refractivity contribution in [2.75, 3.05) is 7.11 Å². The smallest absolute Gasteiger partial charge is 0.333 e. The minimum Gasteiger partial charge on any atom is -0.490 e. The van der Waals surface area contributed by atoms with Crippen molar-refractivity contribution in [3.63, 3.8) is 0 Å². The molecule has 0 heterocycles. The van der Waals surface area contributed by atoms with Crippen molar-refractivity contribution in [1.82, 2.24) is 0 Å². The number of carbonyl (C=O) groups excluding carboxylic acids is 1. The summed E-state index contributed by atoms with van der Waals surface area (Å²) in [4.78, 5) is 22.8. The maximum atomic E-state index is 11.8. The van der Waals surface area contributed by atoms with Gasteiger partial charge in [-0.2, -0.15) is 0 Å². The quantitative estimate of drug-likeness (QED) is 0.645. The number of aliphatic carboxylic acids is 1. The number of carboxylic acid groups (broad SMARTS) is 1. The van der Waals surface area contributed by atoms with Crippen molar-refractivity contribution < 1.29 is 28.9 Å². The van der Waals surface area contributed by atoms with E-state index in [0.29, 0.717) is 17.7 Å². The Labute approximate surface area is 170 Å². The number of Topliss-reactive ketones (excluding diaryl/α,β-unsaturated/α-hetero) is 1. The molecule has 0 saturated heterocycles. The predicted molar refractivity (Wildman–Crippen MR) is 108 cm³/mol. The van der Waals surface area contributed by atoms with Crippen molar-refractivity contribution in [2.24, 2.45) is 0 Å². The van der Waals surface area contributed by atoms with Gasteiger partial charge in [0.25, 0.3) is 0 Å². The molecular formula is C23H26O6. The summed E-state index contributed by atoms with van der Waals surface area (Å²) in [6.07, 6.45) is 1.99. The van der Waals surface area contributed by atoms with Crippen LogP contribution in [-0.4, -0.2) is 42.3 Å². The van der Waals surface area contributed by atoms with Crippen molar-refractivity contribution in [3.8, 4) is 11.5 Å². The van der Waals surface area contributed by atoms with Crippen LogP contribution in [-0.2, 0) is 16.0 Å². The van der Waals surface area contributed by atoms with Gasteiger partial charge in [0.15, 0.2) is 11.9 Å². The Morgan fingerprint density at radius 2 is 1.69 bits per heavy atom. The molecular weight excluding hydrogens is 372 g/mol. The molecule has 6 heteroatoms. The molecule has 6 nitrogen and oxygen atoms in total. The molecule has 0 spiro atoms. The molecule has 2 aromatic carbocycles. The molecule has 29 heavy (non-hydrogen) atoms. The molecule has 1 N–H and O–H groups in total. The fourth-order valence-corrected chi connectivity index (χ4v) is 3.54. The Balaban J connectivity index is 1.54. The lowest BCUT2D eigenvalue weighted by Gasteiger charge is -2.17. The molecule has 0 aromatic heterocycles. The van der Waals surface area contributed by atoms with Crippen LogP contribution in [0.1, 0.15) is 42.1 Å². The van der Waals surface area contributed by atoms with E-state index in [9.17, 15) is 9.59 Å². The standard InChI is InChI=1S/C23H26O6/c1-15(24)20-5-3-4-6-21(20)29-19-12-11-18(14-19)28-17-9-7-16(8-10-17)13-22(27-2)23(25)26/h3-10,18-19,22H,11-14H2,1-2H3,(H,25,26)/t18?,19?,22-/m0/s1. The molecule has 0 radical (unpaired) electrons. The molecule has 0 amide bonds. The summed E-state index contributed by atoms with van der Waals surface area (Å²) in [5, 5.41) is 9.08. The maximum absolute atomic E-state index is 11.8. The van der Waals surface area contributed by atoms with Gasteiger partial charge in [-0.25, -0.2) is 4.79 Å². The van der Waals surface area contributed by atoms with E-state index in [-0.39, 0.29) is 18.0 Å². The average Bonchev–Trinajstić information content (AvgIpc) is 3.14. The highest BCUT2D eigenvalue weighted by atomic mass is 16.5. The van der Waals surface area contributed by atoms with E-state index >= 15 is 0 Å². The van der Waals surface area contributed by atoms with Crippen molar-refractivity contribution in [3.05, 3.63) is 59.7 Å². The van der Waals surface area contributed by atoms with Gasteiger partial charge in [-0.3, -0.25) is 4.79 Å². The minimum absolute atomic E-state index is 0.00917. The maximum Gasteiger partial charge on any atom is 0.333 e. The molecule has 1 fully saturated rings. The minimum atomic E-state index is -0.976. The number of para-hydroxylation sites is 1. The largest absolute Gasteiger partial charge is 0.490 e. The second-order valence-corrected chi connectivity index (χ2v) is 7.26. The third-order valence-electron chi connectivity index (χ3n) is 5.10. The number of benzene rings is 2. The Kier molecular flexibility index (Phi) is 6.88. The van der Waals surface area contributed by atoms with Gasteiger partial charge in [0.05, 0.1) is 5.56 Å². The number of ether oxygens (including phenoxy) is 3. The molecule has 2 unspecified atom stereocenters. The molecule has 0 aliphatic heterocycles. The Morgan fingerprint density at radius 1 is 1.03 bits per heavy atom. The zero-order chi connectivity index (χ0) is 20.8. The number of methoxy groups -OCH3 is 1. The van der Waals surface area contributed by atoms with E-state index in [1.54, 1.807) is 6.07 Å². The van der Waals surface area contributed by atoms with E-state index in [0.717, 1.165) is 30.6 Å². The summed E-state index contributed by atoms with van der Waals surface area (Å²) >= 11 is 0. The third kappa shape index (κ3) is 5.57. The summed E-state index contributed by atoms with van der Waals surface area (Å²) in [5.74, 6) is 0.384. The van der Waals surface area contributed by atoms with Gasteiger partial charge in [-0.1, -0.05) is 24.3 Å². The number of ketones is 1. The highest BCUT2D eigenvalue weighted by Gasteiger charge is 2.28. The van der Waals surface area contributed by atoms with E-state index < -0.39 is 12.1 Å². The zero-order valence-electron chi connectivity index (χ0n) is 16.7. The van der Waals surface area contributed by atoms with Gasteiger partial charge in [0.1, 0.15) is 23.7 Å². The van der Waals surface area contributed by atoms with Gasteiger partial charge >= 0.3 is 5.97 Å². The highest BCUT2D eigenvalue weighted by molar-refractivity contribution is 5.96. The van der Waals surface area contributed by atoms with Crippen LogP contribution in [0.3, 0.4) is 0 Å². The summed E-state index contributed by atoms with van der Waals surface area (Å²) < 4.78 is 17.1. The average molecular weight is 398 g/mol. The van der Waals surface area contributed by atoms with Crippen LogP contribution in [0.25, 0.3) is 0 Å². The first-order valence-electron chi connectivity index (χ1n) is 9.74. The second kappa shape index (κ2) is 9.56. The molecule has 154 valence electrons. The number of rotatable bonds is 9. The number of carbonyl (C=O) groups is 2. The van der Waals surface area contributed by atoms with Crippen LogP contribution in [0.5, 0.6) is 11.5 Å². The van der Waals surface area contributed by atoms with Crippen LogP contribution in [0.15, 0.2) is 48.5 Å². The Morgan fingerprint density at radius 3 is 2.31 bits per heavy atom. The summed E-state index contributed by atoms with van der Waals surface area (Å²) in [6.45, 7) is 1.54. The summed E-state index contributed by atoms with van der Waals surface area (Å²) in [6, 6.07) is 14.7. The fraction of sp³-hybridized carbons (Fsp3) is 0.391. The first kappa shape index (κ1) is 20.9. The van der Waals surface area contributed by atoms with Crippen molar-refractivity contribution in [1.29, 1.82) is 0 Å². The number of hydrogen-bond acceptors (Lipinski definition) is 5. The molecule has 1 saturated carbocycles. The topological polar surface area (TPSA) is 82.1 Å². The lowest BCUT2D eigenvalue weighted by molar-refractivity contribution is -0.148. The second-order valence-electron chi connectivity index (χ2n) is 7.26. The lowest BCUT2D eigenvalue weighted by atomic mass is 10.1. The number of hydrogen-bond donors (Lipinski definition) is 1. The zero-order valence-corrected chi connectivity index (χ0v) is 16.7. The van der Waals surface area contributed by atoms with Gasteiger partial charge in [0, 0.05) is 20.0 Å². The lowest BCUT2D eigenvalue weighted by Crippen LogP contribution is -2.24. The van der Waals surface area contributed by atoms with Crippen LogP contribution >= 0.6 is 0 Å². The first-order chi connectivity index (χ1) is 14.0. The summed E-state index contributed by atoms with van der Waals surface area (Å²) in [5.41, 5.74) is 1.48. The first-order valence-corrected chi connectivity index (χ1v) is 9.74. The fourth-order valence-electron chi connectivity index (χ4n) is 3.54. The normalized spacial score (nSPS) is 19.5. The molecule has 1 aliphatic rings. The monoisotopic (exact) mass is 398 g/mol. The van der Waals surface area contributed by atoms with Gasteiger partial charge in [0.2, 0.25) is 0 Å². The van der Waals surface area contributed by atoms with E-state index in [1.165, 1.54) is 14.0 Å². The highest BCUT2D eigenvalue weighted by Crippen LogP contribution is 2.30. The SMILES string of the molecule is CO[C@@H](Cc1ccc(OC2CCC(Oc3ccccc3C(C)=O)C2)cc1)C(=O)O. The van der Waals surface area contributed by atoms with Crippen molar-refractivity contribution in [2.45, 2.75) is 50.9 Å². The van der Waals surface area contributed by atoms with Crippen LogP contribution in [0, 0.1) is 0 Å². The summed E-state index contributed by atoms with van der Waals surface area (Å²) in [7, 11) is 1.39. The molecule has 0 bridgehead atoms. The van der Waals surface area contributed by atoms with E-state index in [2.05, 4.69) is 0 Å². The Bertz CT molecular complexity index is 845. The van der Waals surface area contributed by atoms with Crippen LogP contribution in [0.2, 0.25) is 0 Å². The van der Waals surface area contributed by atoms with Crippen molar-refractivity contribution >= 4 is 11.8 Å². The van der Waals surface area contributed by atoms with E-state index in [1.807, 2.05) is 42.5 Å². The molecule has 2 aromatic rings. The molecule has 1 aliphatic carbocycles. The van der Waals surface area contributed by atoms with E-state index in [4.69, 9.17) is 19.3 Å². The predicted octanol–water partition coefficient (Wildman–Crippen LogP) is 3.91. The molecule has 3 atom stereocenters. The molecule has 3 rings (SSSR count). The third-order valence-corrected chi connectivity index (χ3v) is 5.10. The van der Waals surface area contributed by atoms with Crippen LogP contribution < -0.4 is 9.47 Å². The van der Waals surface area contributed by atoms with Gasteiger partial charge in [-0.05, 0) is 49.6 Å². The van der Waals surface area contributed by atoms with Gasteiger partial charge in [-0.15, -0.1) is 0 Å². The van der Waals surface area contributed by atoms with Gasteiger partial charge < -0.3 is 19.3 Å². The Hall–Kier alpha value is -2.86. The number of carboxylic acids is 1. The van der Waals surface area contributed by atoms with Crippen LogP contribution in [0.4, 0.5) is 0 Å².